The van der Waals surface area contributed by atoms with Crippen LogP contribution in [0.2, 0.25) is 0 Å². The number of aryl methyl sites for hydroxylation is 1. The third kappa shape index (κ3) is 4.87. The first-order valence-electron chi connectivity index (χ1n) is 8.13. The molecule has 1 heterocycles. The van der Waals surface area contributed by atoms with Gasteiger partial charge in [0.25, 0.3) is 0 Å². The molecule has 0 saturated heterocycles. The van der Waals surface area contributed by atoms with Gasteiger partial charge in [0.1, 0.15) is 0 Å². The van der Waals surface area contributed by atoms with Gasteiger partial charge in [-0.05, 0) is 64.1 Å². The van der Waals surface area contributed by atoms with Crippen LogP contribution >= 0.6 is 11.3 Å². The normalized spacial score (nSPS) is 15.5. The fourth-order valence-corrected chi connectivity index (χ4v) is 3.55. The molecule has 0 spiro atoms. The second kappa shape index (κ2) is 7.58. The van der Waals surface area contributed by atoms with Crippen LogP contribution in [0.4, 0.5) is 0 Å². The Bertz CT molecular complexity index is 407. The molecule has 114 valence electrons. The van der Waals surface area contributed by atoms with Crippen molar-refractivity contribution in [3.05, 3.63) is 21.4 Å². The summed E-state index contributed by atoms with van der Waals surface area (Å²) in [4.78, 5) is 5.64. The lowest BCUT2D eigenvalue weighted by atomic mass is 10.2. The molecule has 1 aliphatic carbocycles. The molecule has 0 unspecified atom stereocenters. The van der Waals surface area contributed by atoms with Gasteiger partial charge in [-0.1, -0.05) is 6.92 Å². The average Bonchev–Trinajstić information content (AvgIpc) is 3.14. The summed E-state index contributed by atoms with van der Waals surface area (Å²) in [6, 6.07) is 3.07. The average molecular weight is 295 g/mol. The topological polar surface area (TPSA) is 15.3 Å². The van der Waals surface area contributed by atoms with Gasteiger partial charge in [0.05, 0.1) is 0 Å². The highest BCUT2D eigenvalue weighted by molar-refractivity contribution is 7.12. The SMILES string of the molecule is CCCNCc1cc(CN(CC2CC2)C(C)C)c(C)s1. The van der Waals surface area contributed by atoms with Crippen LogP contribution in [0.15, 0.2) is 6.07 Å². The van der Waals surface area contributed by atoms with E-state index in [1.807, 2.05) is 11.3 Å². The molecule has 2 nitrogen and oxygen atoms in total. The van der Waals surface area contributed by atoms with E-state index in [0.29, 0.717) is 6.04 Å². The molecule has 3 heteroatoms. The molecule has 2 rings (SSSR count). The number of nitrogens with one attached hydrogen (secondary N) is 1. The Balaban J connectivity index is 1.92. The van der Waals surface area contributed by atoms with E-state index in [1.54, 1.807) is 0 Å². The van der Waals surface area contributed by atoms with Crippen LogP contribution < -0.4 is 5.32 Å². The highest BCUT2D eigenvalue weighted by Gasteiger charge is 2.25. The monoisotopic (exact) mass is 294 g/mol. The molecular weight excluding hydrogens is 264 g/mol. The van der Waals surface area contributed by atoms with Crippen molar-refractivity contribution in [2.45, 2.75) is 66.1 Å². The molecule has 0 aliphatic heterocycles. The van der Waals surface area contributed by atoms with Gasteiger partial charge < -0.3 is 5.32 Å². The molecule has 1 aliphatic rings. The largest absolute Gasteiger partial charge is 0.312 e. The van der Waals surface area contributed by atoms with Crippen molar-refractivity contribution in [2.75, 3.05) is 13.1 Å². The fourth-order valence-electron chi connectivity index (χ4n) is 2.53. The zero-order chi connectivity index (χ0) is 14.5. The van der Waals surface area contributed by atoms with Crippen LogP contribution in [0.3, 0.4) is 0 Å². The minimum Gasteiger partial charge on any atom is -0.312 e. The van der Waals surface area contributed by atoms with Crippen molar-refractivity contribution in [1.29, 1.82) is 0 Å². The zero-order valence-electron chi connectivity index (χ0n) is 13.5. The van der Waals surface area contributed by atoms with E-state index in [0.717, 1.165) is 25.6 Å². The third-order valence-electron chi connectivity index (χ3n) is 4.09. The van der Waals surface area contributed by atoms with Gasteiger partial charge in [0, 0.05) is 35.4 Å². The van der Waals surface area contributed by atoms with E-state index >= 15 is 0 Å². The first-order chi connectivity index (χ1) is 9.60. The van der Waals surface area contributed by atoms with Gasteiger partial charge in [0.2, 0.25) is 0 Å². The van der Waals surface area contributed by atoms with Gasteiger partial charge in [-0.2, -0.15) is 0 Å². The molecule has 1 aromatic heterocycles. The molecule has 0 bridgehead atoms. The van der Waals surface area contributed by atoms with Crippen LogP contribution in [0.25, 0.3) is 0 Å². The van der Waals surface area contributed by atoms with Gasteiger partial charge in [0.15, 0.2) is 0 Å². The summed E-state index contributed by atoms with van der Waals surface area (Å²) in [6.45, 7) is 13.7. The van der Waals surface area contributed by atoms with E-state index in [4.69, 9.17) is 0 Å². The summed E-state index contributed by atoms with van der Waals surface area (Å²) in [5.74, 6) is 0.974. The van der Waals surface area contributed by atoms with Crippen LogP contribution in [0.1, 0.15) is 55.4 Å². The summed E-state index contributed by atoms with van der Waals surface area (Å²) < 4.78 is 0. The van der Waals surface area contributed by atoms with Crippen molar-refractivity contribution >= 4 is 11.3 Å². The molecular formula is C17H30N2S. The van der Waals surface area contributed by atoms with Gasteiger partial charge >= 0.3 is 0 Å². The maximum Gasteiger partial charge on any atom is 0.0299 e. The van der Waals surface area contributed by atoms with Crippen molar-refractivity contribution in [3.63, 3.8) is 0 Å². The lowest BCUT2D eigenvalue weighted by Crippen LogP contribution is -2.32. The Kier molecular flexibility index (Phi) is 6.06. The Morgan fingerprint density at radius 3 is 2.75 bits per heavy atom. The highest BCUT2D eigenvalue weighted by atomic mass is 32.1. The molecule has 20 heavy (non-hydrogen) atoms. The minimum atomic E-state index is 0.650. The van der Waals surface area contributed by atoms with E-state index in [-0.39, 0.29) is 0 Å². The highest BCUT2D eigenvalue weighted by Crippen LogP contribution is 2.31. The Hall–Kier alpha value is -0.380. The van der Waals surface area contributed by atoms with Gasteiger partial charge in [-0.15, -0.1) is 11.3 Å². The molecule has 1 aromatic rings. The third-order valence-corrected chi connectivity index (χ3v) is 5.18. The molecule has 0 aromatic carbocycles. The van der Waals surface area contributed by atoms with E-state index < -0.39 is 0 Å². The van der Waals surface area contributed by atoms with Crippen LogP contribution in [-0.4, -0.2) is 24.0 Å². The Morgan fingerprint density at radius 2 is 2.15 bits per heavy atom. The predicted molar refractivity (Wildman–Crippen MR) is 89.3 cm³/mol. The maximum atomic E-state index is 3.51. The first-order valence-corrected chi connectivity index (χ1v) is 8.94. The van der Waals surface area contributed by atoms with Crippen LogP contribution in [-0.2, 0) is 13.1 Å². The second-order valence-electron chi connectivity index (χ2n) is 6.44. The van der Waals surface area contributed by atoms with E-state index in [2.05, 4.69) is 44.0 Å². The summed E-state index contributed by atoms with van der Waals surface area (Å²) in [5, 5.41) is 3.51. The number of hydrogen-bond acceptors (Lipinski definition) is 3. The maximum absolute atomic E-state index is 3.51. The number of thiophene rings is 1. The Labute approximate surface area is 128 Å². The lowest BCUT2D eigenvalue weighted by Gasteiger charge is -2.26. The number of hydrogen-bond donors (Lipinski definition) is 1. The summed E-state index contributed by atoms with van der Waals surface area (Å²) in [6.07, 6.45) is 4.09. The summed E-state index contributed by atoms with van der Waals surface area (Å²) in [5.41, 5.74) is 1.54. The Morgan fingerprint density at radius 1 is 1.40 bits per heavy atom. The predicted octanol–water partition coefficient (Wildman–Crippen LogP) is 4.18. The van der Waals surface area contributed by atoms with Crippen molar-refractivity contribution < 1.29 is 0 Å². The minimum absolute atomic E-state index is 0.650. The van der Waals surface area contributed by atoms with Crippen molar-refractivity contribution in [1.82, 2.24) is 10.2 Å². The molecule has 0 amide bonds. The second-order valence-corrected chi connectivity index (χ2v) is 7.78. The summed E-state index contributed by atoms with van der Waals surface area (Å²) in [7, 11) is 0. The van der Waals surface area contributed by atoms with Crippen molar-refractivity contribution in [3.8, 4) is 0 Å². The quantitative estimate of drug-likeness (QED) is 0.687. The van der Waals surface area contributed by atoms with Crippen LogP contribution in [0.5, 0.6) is 0 Å². The molecule has 1 saturated carbocycles. The smallest absolute Gasteiger partial charge is 0.0299 e. The van der Waals surface area contributed by atoms with Gasteiger partial charge in [-0.25, -0.2) is 0 Å². The molecule has 0 atom stereocenters. The lowest BCUT2D eigenvalue weighted by molar-refractivity contribution is 0.203. The molecule has 0 radical (unpaired) electrons. The zero-order valence-corrected chi connectivity index (χ0v) is 14.4. The first kappa shape index (κ1) is 16.0. The van der Waals surface area contributed by atoms with Gasteiger partial charge in [-0.3, -0.25) is 4.90 Å². The molecule has 1 N–H and O–H groups in total. The van der Waals surface area contributed by atoms with E-state index in [9.17, 15) is 0 Å². The number of rotatable bonds is 9. The fraction of sp³-hybridized carbons (Fsp3) is 0.765. The van der Waals surface area contributed by atoms with Crippen molar-refractivity contribution in [2.24, 2.45) is 5.92 Å². The van der Waals surface area contributed by atoms with E-state index in [1.165, 1.54) is 41.1 Å². The molecule has 1 fully saturated rings. The van der Waals surface area contributed by atoms with Crippen LogP contribution in [0, 0.1) is 12.8 Å². The number of nitrogens with zero attached hydrogens (tertiary/aromatic N) is 1. The standard InChI is InChI=1S/C17H30N2S/c1-5-8-18-10-17-9-16(14(4)20-17)12-19(13(2)3)11-15-6-7-15/h9,13,15,18H,5-8,10-12H2,1-4H3. The summed E-state index contributed by atoms with van der Waals surface area (Å²) >= 11 is 1.96.